The van der Waals surface area contributed by atoms with Crippen LogP contribution in [0.1, 0.15) is 5.69 Å². The molecule has 0 atom stereocenters. The van der Waals surface area contributed by atoms with Gasteiger partial charge in [0.05, 0.1) is 10.7 Å². The number of aromatic nitrogens is 4. The second-order valence-corrected chi connectivity index (χ2v) is 7.51. The molecule has 1 amide bonds. The van der Waals surface area contributed by atoms with Gasteiger partial charge in [-0.3, -0.25) is 10.1 Å². The first-order chi connectivity index (χ1) is 15.3. The Morgan fingerprint density at radius 2 is 1.84 bits per heavy atom. The number of halogens is 4. The van der Waals surface area contributed by atoms with Crippen molar-refractivity contribution in [2.45, 2.75) is 6.18 Å². The van der Waals surface area contributed by atoms with Crippen LogP contribution in [-0.4, -0.2) is 31.7 Å². The van der Waals surface area contributed by atoms with E-state index in [0.29, 0.717) is 11.9 Å². The van der Waals surface area contributed by atoms with E-state index in [1.54, 1.807) is 12.1 Å². The lowest BCUT2D eigenvalue weighted by Crippen LogP contribution is -2.21. The molecule has 0 aliphatic carbocycles. The molecule has 0 radical (unpaired) electrons. The lowest BCUT2D eigenvalue weighted by atomic mass is 10.2. The number of nitrogens with zero attached hydrogens (tertiary/aromatic N) is 4. The Bertz CT molecular complexity index is 1240. The Morgan fingerprint density at radius 1 is 1.12 bits per heavy atom. The van der Waals surface area contributed by atoms with Crippen molar-refractivity contribution in [2.75, 3.05) is 11.9 Å². The van der Waals surface area contributed by atoms with Crippen LogP contribution in [0.25, 0.3) is 17.1 Å². The molecule has 0 saturated carbocycles. The minimum atomic E-state index is -4.70. The monoisotopic (exact) mass is 479 g/mol. The number of rotatable bonds is 6. The van der Waals surface area contributed by atoms with Crippen molar-refractivity contribution < 1.29 is 22.7 Å². The second kappa shape index (κ2) is 8.97. The molecule has 0 aliphatic rings. The minimum Gasteiger partial charge on any atom is -0.467 e. The first-order valence-corrected chi connectivity index (χ1v) is 10.2. The SMILES string of the molecule is O=C(COc1cc(C(F)(F)F)nn1-c1ccccc1Cl)Nc1nc(-c2ccccc2)ns1. The molecule has 2 heterocycles. The van der Waals surface area contributed by atoms with Gasteiger partial charge in [-0.25, -0.2) is 0 Å². The number of nitrogens with one attached hydrogen (secondary N) is 1. The van der Waals surface area contributed by atoms with Crippen LogP contribution in [0.4, 0.5) is 18.3 Å². The third-order valence-electron chi connectivity index (χ3n) is 4.10. The Balaban J connectivity index is 1.49. The number of para-hydroxylation sites is 1. The van der Waals surface area contributed by atoms with Gasteiger partial charge >= 0.3 is 6.18 Å². The van der Waals surface area contributed by atoms with Gasteiger partial charge in [0.2, 0.25) is 11.0 Å². The maximum atomic E-state index is 13.2. The molecule has 2 aromatic carbocycles. The number of ether oxygens (including phenoxy) is 1. The molecule has 12 heteroatoms. The number of hydrogen-bond acceptors (Lipinski definition) is 6. The molecular weight excluding hydrogens is 467 g/mol. The molecule has 4 rings (SSSR count). The largest absolute Gasteiger partial charge is 0.467 e. The van der Waals surface area contributed by atoms with E-state index in [1.807, 2.05) is 30.3 Å². The third kappa shape index (κ3) is 4.89. The van der Waals surface area contributed by atoms with Crippen LogP contribution in [0.2, 0.25) is 5.02 Å². The summed E-state index contributed by atoms with van der Waals surface area (Å²) in [6.07, 6.45) is -4.70. The molecule has 164 valence electrons. The number of benzene rings is 2. The van der Waals surface area contributed by atoms with Gasteiger partial charge in [0.25, 0.3) is 5.91 Å². The number of hydrogen-bond donors (Lipinski definition) is 1. The van der Waals surface area contributed by atoms with Gasteiger partial charge in [-0.05, 0) is 12.1 Å². The zero-order valence-electron chi connectivity index (χ0n) is 16.0. The van der Waals surface area contributed by atoms with Crippen molar-refractivity contribution in [3.05, 3.63) is 71.4 Å². The fraction of sp³-hybridized carbons (Fsp3) is 0.100. The van der Waals surface area contributed by atoms with Crippen molar-refractivity contribution >= 4 is 34.2 Å². The van der Waals surface area contributed by atoms with Gasteiger partial charge in [0, 0.05) is 23.2 Å². The van der Waals surface area contributed by atoms with Crippen LogP contribution < -0.4 is 10.1 Å². The maximum Gasteiger partial charge on any atom is 0.435 e. The predicted octanol–water partition coefficient (Wildman–Crippen LogP) is 5.08. The van der Waals surface area contributed by atoms with Gasteiger partial charge in [-0.15, -0.1) is 0 Å². The van der Waals surface area contributed by atoms with E-state index in [9.17, 15) is 18.0 Å². The molecule has 0 unspecified atom stereocenters. The van der Waals surface area contributed by atoms with Crippen LogP contribution >= 0.6 is 23.1 Å². The molecule has 0 bridgehead atoms. The summed E-state index contributed by atoms with van der Waals surface area (Å²) in [4.78, 5) is 16.5. The predicted molar refractivity (Wildman–Crippen MR) is 113 cm³/mol. The van der Waals surface area contributed by atoms with E-state index in [-0.39, 0.29) is 21.7 Å². The normalized spacial score (nSPS) is 11.4. The molecule has 32 heavy (non-hydrogen) atoms. The molecular formula is C20H13ClF3N5O2S. The summed E-state index contributed by atoms with van der Waals surface area (Å²) in [6.45, 7) is -0.576. The summed E-state index contributed by atoms with van der Waals surface area (Å²) in [5.41, 5.74) is -0.218. The standard InChI is InChI=1S/C20H13ClF3N5O2S/c21-13-8-4-5-9-14(13)29-17(10-15(27-29)20(22,23)24)31-11-16(30)25-19-26-18(28-32-19)12-6-2-1-3-7-12/h1-10H,11H2,(H,25,26,28,30). The van der Waals surface area contributed by atoms with Gasteiger partial charge in [-0.2, -0.15) is 32.3 Å². The molecule has 0 spiro atoms. The Labute approximate surface area is 188 Å². The molecule has 0 fully saturated rings. The smallest absolute Gasteiger partial charge is 0.435 e. The van der Waals surface area contributed by atoms with Crippen molar-refractivity contribution in [3.63, 3.8) is 0 Å². The fourth-order valence-electron chi connectivity index (χ4n) is 2.67. The van der Waals surface area contributed by atoms with Crippen LogP contribution in [0, 0.1) is 0 Å². The van der Waals surface area contributed by atoms with E-state index >= 15 is 0 Å². The van der Waals surface area contributed by atoms with Gasteiger partial charge in [0.15, 0.2) is 18.1 Å². The maximum absolute atomic E-state index is 13.2. The molecule has 4 aromatic rings. The van der Waals surface area contributed by atoms with Crippen molar-refractivity contribution in [1.82, 2.24) is 19.1 Å². The summed E-state index contributed by atoms with van der Waals surface area (Å²) in [5.74, 6) is -0.470. The van der Waals surface area contributed by atoms with E-state index in [0.717, 1.165) is 21.8 Å². The fourth-order valence-corrected chi connectivity index (χ4v) is 3.50. The molecule has 1 N–H and O–H groups in total. The Morgan fingerprint density at radius 3 is 2.56 bits per heavy atom. The lowest BCUT2D eigenvalue weighted by molar-refractivity contribution is -0.141. The highest BCUT2D eigenvalue weighted by Crippen LogP contribution is 2.33. The van der Waals surface area contributed by atoms with Crippen LogP contribution in [0.5, 0.6) is 5.88 Å². The van der Waals surface area contributed by atoms with E-state index in [4.69, 9.17) is 16.3 Å². The first-order valence-electron chi connectivity index (χ1n) is 9.05. The average molecular weight is 480 g/mol. The second-order valence-electron chi connectivity index (χ2n) is 6.35. The minimum absolute atomic E-state index is 0.168. The number of carbonyl (C=O) groups is 1. The topological polar surface area (TPSA) is 81.9 Å². The number of amides is 1. The Hall–Kier alpha value is -3.44. The number of carbonyl (C=O) groups excluding carboxylic acids is 1. The molecule has 2 aromatic heterocycles. The van der Waals surface area contributed by atoms with Crippen molar-refractivity contribution in [3.8, 4) is 23.0 Å². The molecule has 7 nitrogen and oxygen atoms in total. The highest BCUT2D eigenvalue weighted by Gasteiger charge is 2.36. The van der Waals surface area contributed by atoms with Gasteiger partial charge < -0.3 is 4.74 Å². The molecule has 0 aliphatic heterocycles. The van der Waals surface area contributed by atoms with Crippen LogP contribution in [0.3, 0.4) is 0 Å². The van der Waals surface area contributed by atoms with Crippen LogP contribution in [-0.2, 0) is 11.0 Å². The third-order valence-corrected chi connectivity index (χ3v) is 5.05. The van der Waals surface area contributed by atoms with E-state index in [2.05, 4.69) is 19.8 Å². The zero-order chi connectivity index (χ0) is 22.7. The molecule has 0 saturated heterocycles. The van der Waals surface area contributed by atoms with Gasteiger partial charge in [0.1, 0.15) is 0 Å². The highest BCUT2D eigenvalue weighted by molar-refractivity contribution is 7.10. The van der Waals surface area contributed by atoms with Crippen molar-refractivity contribution in [2.24, 2.45) is 0 Å². The summed E-state index contributed by atoms with van der Waals surface area (Å²) in [5, 5.41) is 6.45. The number of anilines is 1. The van der Waals surface area contributed by atoms with Crippen LogP contribution in [0.15, 0.2) is 60.7 Å². The van der Waals surface area contributed by atoms with Gasteiger partial charge in [-0.1, -0.05) is 54.1 Å². The number of alkyl halides is 3. The summed E-state index contributed by atoms with van der Waals surface area (Å²) < 4.78 is 49.9. The highest BCUT2D eigenvalue weighted by atomic mass is 35.5. The van der Waals surface area contributed by atoms with Crippen molar-refractivity contribution in [1.29, 1.82) is 0 Å². The quantitative estimate of drug-likeness (QED) is 0.417. The summed E-state index contributed by atoms with van der Waals surface area (Å²) in [7, 11) is 0. The average Bonchev–Trinajstić information content (AvgIpc) is 3.40. The van der Waals surface area contributed by atoms with E-state index in [1.165, 1.54) is 12.1 Å². The summed E-state index contributed by atoms with van der Waals surface area (Å²) >= 11 is 7.06. The lowest BCUT2D eigenvalue weighted by Gasteiger charge is -2.10. The van der Waals surface area contributed by atoms with E-state index < -0.39 is 24.4 Å². The summed E-state index contributed by atoms with van der Waals surface area (Å²) in [6, 6.07) is 16.1. The first kappa shape index (κ1) is 21.8. The Kier molecular flexibility index (Phi) is 6.10. The zero-order valence-corrected chi connectivity index (χ0v) is 17.6.